The molecule has 3 rings (SSSR count). The molecule has 1 aliphatic rings. The Kier molecular flexibility index (Phi) is 3.29. The molecule has 1 N–H and O–H groups in total. The minimum Gasteiger partial charge on any atom is -0.497 e. The third-order valence-electron chi connectivity index (χ3n) is 3.13. The molecule has 1 saturated heterocycles. The van der Waals surface area contributed by atoms with Gasteiger partial charge in [0.1, 0.15) is 17.2 Å². The lowest BCUT2D eigenvalue weighted by Gasteiger charge is -2.27. The van der Waals surface area contributed by atoms with Gasteiger partial charge in [-0.05, 0) is 24.3 Å². The van der Waals surface area contributed by atoms with Crippen molar-refractivity contribution in [3.8, 4) is 17.4 Å². The summed E-state index contributed by atoms with van der Waals surface area (Å²) in [6.07, 6.45) is 3.35. The molecule has 1 aromatic carbocycles. The van der Waals surface area contributed by atoms with E-state index in [2.05, 4.69) is 15.3 Å². The van der Waals surface area contributed by atoms with Crippen molar-refractivity contribution in [1.29, 1.82) is 0 Å². The Morgan fingerprint density at radius 1 is 1.05 bits per heavy atom. The van der Waals surface area contributed by atoms with Gasteiger partial charge in [0.25, 0.3) is 0 Å². The summed E-state index contributed by atoms with van der Waals surface area (Å²) in [5, 5.41) is 3.23. The van der Waals surface area contributed by atoms with E-state index >= 15 is 0 Å². The van der Waals surface area contributed by atoms with Gasteiger partial charge in [-0.3, -0.25) is 4.98 Å². The molecule has 0 amide bonds. The Bertz CT molecular complexity index is 553. The first kappa shape index (κ1) is 11.9. The Balaban J connectivity index is 1.81. The van der Waals surface area contributed by atoms with Crippen LogP contribution in [0.3, 0.4) is 0 Å². The zero-order valence-corrected chi connectivity index (χ0v) is 10.7. The van der Waals surface area contributed by atoms with Crippen LogP contribution in [0.1, 0.15) is 11.6 Å². The van der Waals surface area contributed by atoms with Gasteiger partial charge in [-0.25, -0.2) is 4.98 Å². The summed E-state index contributed by atoms with van der Waals surface area (Å²) in [6, 6.07) is 7.43. The molecule has 2 heterocycles. The normalized spacial score (nSPS) is 14.8. The Hall–Kier alpha value is -2.14. The van der Waals surface area contributed by atoms with Crippen molar-refractivity contribution in [2.24, 2.45) is 0 Å². The van der Waals surface area contributed by atoms with Crippen LogP contribution < -0.4 is 14.8 Å². The molecule has 19 heavy (non-hydrogen) atoms. The topological polar surface area (TPSA) is 56.3 Å². The molecule has 5 heteroatoms. The van der Waals surface area contributed by atoms with Crippen molar-refractivity contribution in [2.45, 2.75) is 5.92 Å². The molecule has 98 valence electrons. The van der Waals surface area contributed by atoms with Crippen molar-refractivity contribution in [2.75, 3.05) is 20.2 Å². The molecule has 0 aliphatic carbocycles. The van der Waals surface area contributed by atoms with E-state index in [1.807, 2.05) is 24.3 Å². The van der Waals surface area contributed by atoms with E-state index in [0.717, 1.165) is 30.3 Å². The van der Waals surface area contributed by atoms with Crippen molar-refractivity contribution in [3.05, 3.63) is 42.4 Å². The van der Waals surface area contributed by atoms with Crippen LogP contribution in [0.15, 0.2) is 36.7 Å². The smallest absolute Gasteiger partial charge is 0.241 e. The van der Waals surface area contributed by atoms with Crippen LogP contribution in [0.4, 0.5) is 0 Å². The number of ether oxygens (including phenoxy) is 2. The van der Waals surface area contributed by atoms with Gasteiger partial charge in [0, 0.05) is 31.4 Å². The van der Waals surface area contributed by atoms with Crippen molar-refractivity contribution < 1.29 is 9.47 Å². The predicted octanol–water partition coefficient (Wildman–Crippen LogP) is 1.96. The number of nitrogens with zero attached hydrogens (tertiary/aromatic N) is 2. The van der Waals surface area contributed by atoms with Gasteiger partial charge in [-0.15, -0.1) is 0 Å². The first-order chi connectivity index (χ1) is 9.36. The van der Waals surface area contributed by atoms with E-state index in [1.165, 1.54) is 0 Å². The number of hydrogen-bond acceptors (Lipinski definition) is 5. The third-order valence-corrected chi connectivity index (χ3v) is 3.13. The molecule has 2 aromatic rings. The van der Waals surface area contributed by atoms with E-state index in [0.29, 0.717) is 11.8 Å². The number of benzene rings is 1. The second-order valence-corrected chi connectivity index (χ2v) is 4.38. The van der Waals surface area contributed by atoms with Gasteiger partial charge in [0.05, 0.1) is 7.11 Å². The monoisotopic (exact) mass is 257 g/mol. The fraction of sp³-hybridized carbons (Fsp3) is 0.286. The molecule has 1 fully saturated rings. The number of nitrogens with one attached hydrogen (secondary N) is 1. The molecule has 0 saturated carbocycles. The average molecular weight is 257 g/mol. The highest BCUT2D eigenvalue weighted by Gasteiger charge is 2.24. The maximum absolute atomic E-state index is 5.81. The minimum absolute atomic E-state index is 0.391. The molecule has 1 aromatic heterocycles. The highest BCUT2D eigenvalue weighted by molar-refractivity contribution is 5.35. The van der Waals surface area contributed by atoms with Crippen molar-refractivity contribution in [3.63, 3.8) is 0 Å². The highest BCUT2D eigenvalue weighted by Crippen LogP contribution is 2.29. The van der Waals surface area contributed by atoms with Gasteiger partial charge < -0.3 is 14.8 Å². The summed E-state index contributed by atoms with van der Waals surface area (Å²) < 4.78 is 10.9. The van der Waals surface area contributed by atoms with Gasteiger partial charge in [0.15, 0.2) is 0 Å². The zero-order chi connectivity index (χ0) is 13.1. The minimum atomic E-state index is 0.391. The number of hydrogen-bond donors (Lipinski definition) is 1. The van der Waals surface area contributed by atoms with E-state index in [9.17, 15) is 0 Å². The molecule has 1 aliphatic heterocycles. The summed E-state index contributed by atoms with van der Waals surface area (Å²) in [5.41, 5.74) is 0.914. The van der Waals surface area contributed by atoms with Crippen LogP contribution in [0.25, 0.3) is 0 Å². The second kappa shape index (κ2) is 5.24. The van der Waals surface area contributed by atoms with Gasteiger partial charge >= 0.3 is 0 Å². The molecule has 0 atom stereocenters. The molecule has 0 bridgehead atoms. The summed E-state index contributed by atoms with van der Waals surface area (Å²) in [4.78, 5) is 8.65. The summed E-state index contributed by atoms with van der Waals surface area (Å²) in [7, 11) is 1.64. The maximum Gasteiger partial charge on any atom is 0.241 e. The van der Waals surface area contributed by atoms with Gasteiger partial charge in [0.2, 0.25) is 5.88 Å². The standard InChI is InChI=1S/C14H15N3O2/c1-18-11-2-4-12(5-3-11)19-14-13(10-8-15-9-10)16-6-7-17-14/h2-7,10,15H,8-9H2,1H3. The predicted molar refractivity (Wildman–Crippen MR) is 70.7 cm³/mol. The Morgan fingerprint density at radius 3 is 2.37 bits per heavy atom. The Labute approximate surface area is 111 Å². The van der Waals surface area contributed by atoms with E-state index in [-0.39, 0.29) is 0 Å². The third kappa shape index (κ3) is 2.51. The highest BCUT2D eigenvalue weighted by atomic mass is 16.5. The van der Waals surface area contributed by atoms with Crippen molar-refractivity contribution >= 4 is 0 Å². The first-order valence-corrected chi connectivity index (χ1v) is 6.20. The SMILES string of the molecule is COc1ccc(Oc2nccnc2C2CNC2)cc1. The largest absolute Gasteiger partial charge is 0.497 e. The summed E-state index contributed by atoms with van der Waals surface area (Å²) in [6.45, 7) is 1.86. The fourth-order valence-corrected chi connectivity index (χ4v) is 1.93. The quantitative estimate of drug-likeness (QED) is 0.907. The number of rotatable bonds is 4. The average Bonchev–Trinajstić information content (AvgIpc) is 2.40. The van der Waals surface area contributed by atoms with Gasteiger partial charge in [-0.1, -0.05) is 0 Å². The molecular weight excluding hydrogens is 242 g/mol. The van der Waals surface area contributed by atoms with E-state index < -0.39 is 0 Å². The first-order valence-electron chi connectivity index (χ1n) is 6.20. The molecular formula is C14H15N3O2. The van der Waals surface area contributed by atoms with Gasteiger partial charge in [-0.2, -0.15) is 0 Å². The van der Waals surface area contributed by atoms with Crippen LogP contribution in [0.5, 0.6) is 17.4 Å². The zero-order valence-electron chi connectivity index (χ0n) is 10.7. The molecule has 5 nitrogen and oxygen atoms in total. The van der Waals surface area contributed by atoms with Crippen LogP contribution in [-0.4, -0.2) is 30.2 Å². The second-order valence-electron chi connectivity index (χ2n) is 4.38. The van der Waals surface area contributed by atoms with Crippen LogP contribution in [0.2, 0.25) is 0 Å². The lowest BCUT2D eigenvalue weighted by Crippen LogP contribution is -2.40. The summed E-state index contributed by atoms with van der Waals surface area (Å²) in [5.74, 6) is 2.51. The van der Waals surface area contributed by atoms with Crippen molar-refractivity contribution in [1.82, 2.24) is 15.3 Å². The lowest BCUT2D eigenvalue weighted by molar-refractivity contribution is 0.396. The van der Waals surface area contributed by atoms with Crippen LogP contribution in [0, 0.1) is 0 Å². The van der Waals surface area contributed by atoms with Crippen LogP contribution >= 0.6 is 0 Å². The van der Waals surface area contributed by atoms with E-state index in [1.54, 1.807) is 19.5 Å². The summed E-state index contributed by atoms with van der Waals surface area (Å²) >= 11 is 0. The maximum atomic E-state index is 5.81. The number of methoxy groups -OCH3 is 1. The number of aromatic nitrogens is 2. The fourth-order valence-electron chi connectivity index (χ4n) is 1.93. The molecule has 0 spiro atoms. The molecule has 0 radical (unpaired) electrons. The van der Waals surface area contributed by atoms with E-state index in [4.69, 9.17) is 9.47 Å². The molecule has 0 unspecified atom stereocenters. The Morgan fingerprint density at radius 2 is 1.74 bits per heavy atom. The lowest BCUT2D eigenvalue weighted by atomic mass is 9.99. The van der Waals surface area contributed by atoms with Crippen LogP contribution in [-0.2, 0) is 0 Å².